The van der Waals surface area contributed by atoms with Gasteiger partial charge < -0.3 is 5.11 Å². The van der Waals surface area contributed by atoms with Crippen LogP contribution >= 0.6 is 11.6 Å². The number of halogens is 1. The number of hydrogen-bond acceptors (Lipinski definition) is 3. The van der Waals surface area contributed by atoms with Crippen molar-refractivity contribution < 1.29 is 5.11 Å². The van der Waals surface area contributed by atoms with Crippen molar-refractivity contribution in [2.75, 3.05) is 0 Å². The van der Waals surface area contributed by atoms with Crippen LogP contribution in [0.4, 0.5) is 0 Å². The van der Waals surface area contributed by atoms with Crippen LogP contribution in [0.5, 0.6) is 0 Å². The standard InChI is InChI=1S/C12H13ClN2O/c1-2-5-10(16)11-12(13)15-9-7-4-3-6-8(9)14-11/h3-4,6-7,10,16H,2,5H2,1H3/t10-/m1/s1. The Balaban J connectivity index is 2.49. The molecule has 0 aliphatic heterocycles. The number of nitrogens with zero attached hydrogens (tertiary/aromatic N) is 2. The van der Waals surface area contributed by atoms with Crippen LogP contribution in [0.1, 0.15) is 31.6 Å². The fourth-order valence-electron chi connectivity index (χ4n) is 1.61. The van der Waals surface area contributed by atoms with Gasteiger partial charge in [0.25, 0.3) is 0 Å². The van der Waals surface area contributed by atoms with Gasteiger partial charge in [0.15, 0.2) is 5.15 Å². The van der Waals surface area contributed by atoms with Gasteiger partial charge in [-0.1, -0.05) is 37.1 Å². The minimum atomic E-state index is -0.630. The van der Waals surface area contributed by atoms with E-state index in [0.717, 1.165) is 17.5 Å². The number of para-hydroxylation sites is 2. The van der Waals surface area contributed by atoms with Gasteiger partial charge in [-0.3, -0.25) is 0 Å². The molecule has 16 heavy (non-hydrogen) atoms. The Hall–Kier alpha value is -1.19. The van der Waals surface area contributed by atoms with Crippen molar-refractivity contribution in [2.45, 2.75) is 25.9 Å². The predicted octanol–water partition coefficient (Wildman–Crippen LogP) is 3.12. The van der Waals surface area contributed by atoms with E-state index >= 15 is 0 Å². The topological polar surface area (TPSA) is 46.0 Å². The molecule has 0 amide bonds. The smallest absolute Gasteiger partial charge is 0.153 e. The molecule has 0 saturated carbocycles. The fourth-order valence-corrected chi connectivity index (χ4v) is 1.87. The molecule has 0 saturated heterocycles. The van der Waals surface area contributed by atoms with E-state index in [1.54, 1.807) is 0 Å². The first-order chi connectivity index (χ1) is 7.72. The SMILES string of the molecule is CCC[C@@H](O)c1nc2ccccc2nc1Cl. The van der Waals surface area contributed by atoms with E-state index < -0.39 is 6.10 Å². The van der Waals surface area contributed by atoms with Crippen molar-refractivity contribution >= 4 is 22.6 Å². The number of fused-ring (bicyclic) bond motifs is 1. The number of rotatable bonds is 3. The van der Waals surface area contributed by atoms with Crippen LogP contribution in [-0.2, 0) is 0 Å². The number of hydrogen-bond donors (Lipinski definition) is 1. The number of aromatic nitrogens is 2. The third-order valence-corrected chi connectivity index (χ3v) is 2.71. The summed E-state index contributed by atoms with van der Waals surface area (Å²) in [6, 6.07) is 7.49. The van der Waals surface area contributed by atoms with E-state index in [-0.39, 0.29) is 0 Å². The van der Waals surface area contributed by atoms with Crippen molar-refractivity contribution in [2.24, 2.45) is 0 Å². The van der Waals surface area contributed by atoms with Gasteiger partial charge in [-0.05, 0) is 18.6 Å². The molecule has 84 valence electrons. The van der Waals surface area contributed by atoms with Gasteiger partial charge in [0.1, 0.15) is 5.69 Å². The summed E-state index contributed by atoms with van der Waals surface area (Å²) in [5.41, 5.74) is 1.99. The van der Waals surface area contributed by atoms with Crippen molar-refractivity contribution in [1.82, 2.24) is 9.97 Å². The third kappa shape index (κ3) is 2.15. The van der Waals surface area contributed by atoms with E-state index in [1.807, 2.05) is 31.2 Å². The van der Waals surface area contributed by atoms with Gasteiger partial charge in [-0.15, -0.1) is 0 Å². The van der Waals surface area contributed by atoms with Crippen LogP contribution in [0.2, 0.25) is 5.15 Å². The average Bonchev–Trinajstić information content (AvgIpc) is 2.28. The maximum Gasteiger partial charge on any atom is 0.153 e. The summed E-state index contributed by atoms with van der Waals surface area (Å²) in [6.45, 7) is 2.01. The summed E-state index contributed by atoms with van der Waals surface area (Å²) < 4.78 is 0. The van der Waals surface area contributed by atoms with Crippen LogP contribution in [-0.4, -0.2) is 15.1 Å². The van der Waals surface area contributed by atoms with Crippen LogP contribution in [0.25, 0.3) is 11.0 Å². The minimum absolute atomic E-state index is 0.291. The van der Waals surface area contributed by atoms with Gasteiger partial charge in [0.2, 0.25) is 0 Å². The molecule has 1 aromatic carbocycles. The van der Waals surface area contributed by atoms with Crippen molar-refractivity contribution in [3.05, 3.63) is 35.1 Å². The number of aliphatic hydroxyl groups is 1. The zero-order valence-electron chi connectivity index (χ0n) is 9.02. The highest BCUT2D eigenvalue weighted by atomic mass is 35.5. The Bertz CT molecular complexity index is 501. The number of benzene rings is 1. The second kappa shape index (κ2) is 4.76. The van der Waals surface area contributed by atoms with Crippen LogP contribution in [0.3, 0.4) is 0 Å². The van der Waals surface area contributed by atoms with E-state index in [9.17, 15) is 5.11 Å². The second-order valence-electron chi connectivity index (χ2n) is 3.69. The first kappa shape index (κ1) is 11.3. The van der Waals surface area contributed by atoms with Crippen LogP contribution in [0, 0.1) is 0 Å². The van der Waals surface area contributed by atoms with E-state index in [1.165, 1.54) is 0 Å². The van der Waals surface area contributed by atoms with Gasteiger partial charge >= 0.3 is 0 Å². The Kier molecular flexibility index (Phi) is 3.36. The molecule has 0 unspecified atom stereocenters. The zero-order valence-corrected chi connectivity index (χ0v) is 9.78. The molecule has 3 nitrogen and oxygen atoms in total. The molecule has 0 aliphatic carbocycles. The molecule has 1 aromatic heterocycles. The quantitative estimate of drug-likeness (QED) is 0.891. The lowest BCUT2D eigenvalue weighted by atomic mass is 10.1. The average molecular weight is 237 g/mol. The highest BCUT2D eigenvalue weighted by Gasteiger charge is 2.14. The zero-order chi connectivity index (χ0) is 11.5. The monoisotopic (exact) mass is 236 g/mol. The molecule has 1 atom stereocenters. The van der Waals surface area contributed by atoms with Crippen molar-refractivity contribution in [1.29, 1.82) is 0 Å². The predicted molar refractivity (Wildman–Crippen MR) is 64.4 cm³/mol. The molecule has 0 spiro atoms. The summed E-state index contributed by atoms with van der Waals surface area (Å²) >= 11 is 6.00. The summed E-state index contributed by atoms with van der Waals surface area (Å²) in [4.78, 5) is 8.57. The molecule has 1 heterocycles. The molecule has 0 bridgehead atoms. The molecule has 2 aromatic rings. The lowest BCUT2D eigenvalue weighted by Gasteiger charge is -2.10. The molecule has 4 heteroatoms. The summed E-state index contributed by atoms with van der Waals surface area (Å²) in [6.07, 6.45) is 0.897. The third-order valence-electron chi connectivity index (χ3n) is 2.43. The Morgan fingerprint density at radius 1 is 1.25 bits per heavy atom. The molecule has 2 rings (SSSR count). The molecular weight excluding hydrogens is 224 g/mol. The molecule has 0 fully saturated rings. The van der Waals surface area contributed by atoms with Gasteiger partial charge in [-0.25, -0.2) is 9.97 Å². The minimum Gasteiger partial charge on any atom is -0.387 e. The lowest BCUT2D eigenvalue weighted by molar-refractivity contribution is 0.162. The first-order valence-corrected chi connectivity index (χ1v) is 5.70. The van der Waals surface area contributed by atoms with E-state index in [4.69, 9.17) is 11.6 Å². The maximum atomic E-state index is 9.87. The molecule has 0 aliphatic rings. The highest BCUT2D eigenvalue weighted by Crippen LogP contribution is 2.24. The van der Waals surface area contributed by atoms with E-state index in [2.05, 4.69) is 9.97 Å². The largest absolute Gasteiger partial charge is 0.387 e. The van der Waals surface area contributed by atoms with Gasteiger partial charge in [-0.2, -0.15) is 0 Å². The van der Waals surface area contributed by atoms with E-state index in [0.29, 0.717) is 17.3 Å². The van der Waals surface area contributed by atoms with Crippen molar-refractivity contribution in [3.8, 4) is 0 Å². The van der Waals surface area contributed by atoms with Crippen molar-refractivity contribution in [3.63, 3.8) is 0 Å². The normalized spacial score (nSPS) is 12.9. The molecular formula is C12H13ClN2O. The fraction of sp³-hybridized carbons (Fsp3) is 0.333. The van der Waals surface area contributed by atoms with Crippen LogP contribution in [0.15, 0.2) is 24.3 Å². The molecule has 0 radical (unpaired) electrons. The van der Waals surface area contributed by atoms with Gasteiger partial charge in [0, 0.05) is 0 Å². The maximum absolute atomic E-state index is 9.87. The highest BCUT2D eigenvalue weighted by molar-refractivity contribution is 6.30. The first-order valence-electron chi connectivity index (χ1n) is 5.32. The summed E-state index contributed by atoms with van der Waals surface area (Å²) in [5.74, 6) is 0. The van der Waals surface area contributed by atoms with Crippen LogP contribution < -0.4 is 0 Å². The van der Waals surface area contributed by atoms with Gasteiger partial charge in [0.05, 0.1) is 17.1 Å². The number of aliphatic hydroxyl groups excluding tert-OH is 1. The second-order valence-corrected chi connectivity index (χ2v) is 4.05. The lowest BCUT2D eigenvalue weighted by Crippen LogP contribution is -2.03. The summed E-state index contributed by atoms with van der Waals surface area (Å²) in [7, 11) is 0. The Morgan fingerprint density at radius 3 is 2.50 bits per heavy atom. The Morgan fingerprint density at radius 2 is 1.88 bits per heavy atom. The summed E-state index contributed by atoms with van der Waals surface area (Å²) in [5, 5.41) is 10.2. The Labute approximate surface area is 99.1 Å². The molecule has 1 N–H and O–H groups in total.